The first-order chi connectivity index (χ1) is 13.7. The van der Waals surface area contributed by atoms with Gasteiger partial charge in [0.05, 0.1) is 6.20 Å². The molecule has 144 valence electrons. The lowest BCUT2D eigenvalue weighted by molar-refractivity contribution is 0.384. The maximum Gasteiger partial charge on any atom is 0.200 e. The molecule has 1 aliphatic rings. The third-order valence-corrected chi connectivity index (χ3v) is 5.37. The fourth-order valence-corrected chi connectivity index (χ4v) is 3.61. The molecule has 1 unspecified atom stereocenters. The van der Waals surface area contributed by atoms with E-state index in [0.717, 1.165) is 22.1 Å². The van der Waals surface area contributed by atoms with Crippen molar-refractivity contribution in [2.24, 2.45) is 4.99 Å². The average Bonchev–Trinajstić information content (AvgIpc) is 3.17. The zero-order chi connectivity index (χ0) is 19.5. The summed E-state index contributed by atoms with van der Waals surface area (Å²) in [6.45, 7) is 5.06. The summed E-state index contributed by atoms with van der Waals surface area (Å²) in [7, 11) is 0. The van der Waals surface area contributed by atoms with Gasteiger partial charge in [0.1, 0.15) is 5.82 Å². The van der Waals surface area contributed by atoms with Gasteiger partial charge in [0.25, 0.3) is 0 Å². The molecule has 4 rings (SSSR count). The summed E-state index contributed by atoms with van der Waals surface area (Å²) < 4.78 is 1.93. The largest absolute Gasteiger partial charge is 0.319 e. The summed E-state index contributed by atoms with van der Waals surface area (Å²) in [6, 6.07) is 12.6. The Morgan fingerprint density at radius 2 is 1.96 bits per heavy atom. The standard InChI is InChI=1S/C21H24N6S/c1-14(2)18-13-24-27-19(18)25-21(28-3)26-20(27)23-11-15-6-8-16(9-7-15)17-5-4-10-22-12-17/h4-10,12-14,20,23H,11H2,1-3H3,(H,25,26). The minimum atomic E-state index is -0.218. The van der Waals surface area contributed by atoms with Crippen molar-refractivity contribution >= 4 is 22.7 Å². The van der Waals surface area contributed by atoms with Crippen LogP contribution in [0.15, 0.2) is 60.0 Å². The molecule has 3 aromatic rings. The highest BCUT2D eigenvalue weighted by atomic mass is 32.2. The Bertz CT molecular complexity index is 962. The van der Waals surface area contributed by atoms with Crippen LogP contribution in [0.25, 0.3) is 11.1 Å². The van der Waals surface area contributed by atoms with Crippen LogP contribution in [0.3, 0.4) is 0 Å². The van der Waals surface area contributed by atoms with Crippen LogP contribution in [-0.2, 0) is 6.54 Å². The average molecular weight is 393 g/mol. The molecular formula is C21H24N6S. The van der Waals surface area contributed by atoms with Crippen molar-refractivity contribution in [1.29, 1.82) is 0 Å². The Morgan fingerprint density at radius 3 is 2.64 bits per heavy atom. The summed E-state index contributed by atoms with van der Waals surface area (Å²) in [6.07, 6.45) is 7.42. The molecule has 0 fully saturated rings. The summed E-state index contributed by atoms with van der Waals surface area (Å²) in [5, 5.41) is 12.4. The van der Waals surface area contributed by atoms with E-state index in [1.165, 1.54) is 11.1 Å². The zero-order valence-corrected chi connectivity index (χ0v) is 17.1. The topological polar surface area (TPSA) is 67.1 Å². The first-order valence-corrected chi connectivity index (χ1v) is 10.6. The van der Waals surface area contributed by atoms with Crippen LogP contribution in [0.1, 0.15) is 37.2 Å². The molecule has 0 spiro atoms. The van der Waals surface area contributed by atoms with Gasteiger partial charge < -0.3 is 5.32 Å². The minimum absolute atomic E-state index is 0.218. The summed E-state index contributed by atoms with van der Waals surface area (Å²) in [4.78, 5) is 8.93. The molecule has 28 heavy (non-hydrogen) atoms. The molecule has 6 nitrogen and oxygen atoms in total. The Kier molecular flexibility index (Phi) is 5.45. The number of fused-ring (bicyclic) bond motifs is 1. The number of nitrogens with one attached hydrogen (secondary N) is 2. The number of amidine groups is 1. The number of pyridine rings is 1. The van der Waals surface area contributed by atoms with Crippen molar-refractivity contribution in [3.8, 4) is 11.1 Å². The van der Waals surface area contributed by atoms with Gasteiger partial charge in [-0.15, -0.1) is 0 Å². The Morgan fingerprint density at radius 1 is 1.14 bits per heavy atom. The van der Waals surface area contributed by atoms with E-state index < -0.39 is 0 Å². The van der Waals surface area contributed by atoms with Gasteiger partial charge in [-0.3, -0.25) is 10.3 Å². The molecule has 1 aromatic carbocycles. The van der Waals surface area contributed by atoms with Crippen molar-refractivity contribution in [3.63, 3.8) is 0 Å². The predicted molar refractivity (Wildman–Crippen MR) is 116 cm³/mol. The van der Waals surface area contributed by atoms with E-state index in [1.54, 1.807) is 18.0 Å². The van der Waals surface area contributed by atoms with Crippen LogP contribution in [-0.4, -0.2) is 26.2 Å². The lowest BCUT2D eigenvalue weighted by Crippen LogP contribution is -2.32. The molecule has 1 atom stereocenters. The SMILES string of the molecule is CSC1=NC(NCc2ccc(-c3cccnc3)cc2)n2ncc(C(C)C)c2N1. The van der Waals surface area contributed by atoms with E-state index >= 15 is 0 Å². The van der Waals surface area contributed by atoms with Gasteiger partial charge in [-0.2, -0.15) is 5.10 Å². The number of benzene rings is 1. The molecule has 7 heteroatoms. The third kappa shape index (κ3) is 3.81. The molecule has 3 heterocycles. The van der Waals surface area contributed by atoms with E-state index in [9.17, 15) is 0 Å². The summed E-state index contributed by atoms with van der Waals surface area (Å²) in [5.74, 6) is 1.43. The first-order valence-electron chi connectivity index (χ1n) is 9.34. The third-order valence-electron chi connectivity index (χ3n) is 4.77. The summed E-state index contributed by atoms with van der Waals surface area (Å²) >= 11 is 1.61. The molecule has 0 aliphatic carbocycles. The van der Waals surface area contributed by atoms with Crippen LogP contribution in [0, 0.1) is 0 Å². The van der Waals surface area contributed by atoms with Crippen molar-refractivity contribution in [2.75, 3.05) is 11.6 Å². The Labute approximate surface area is 169 Å². The maximum absolute atomic E-state index is 4.74. The van der Waals surface area contributed by atoms with Crippen molar-refractivity contribution < 1.29 is 0 Å². The number of rotatable bonds is 5. The molecule has 0 radical (unpaired) electrons. The van der Waals surface area contributed by atoms with Crippen molar-refractivity contribution in [2.45, 2.75) is 32.6 Å². The molecule has 0 saturated heterocycles. The quantitative estimate of drug-likeness (QED) is 0.671. The van der Waals surface area contributed by atoms with Gasteiger partial charge in [0.2, 0.25) is 6.29 Å². The fraction of sp³-hybridized carbons (Fsp3) is 0.286. The number of hydrogen-bond acceptors (Lipinski definition) is 6. The van der Waals surface area contributed by atoms with Gasteiger partial charge in [0.15, 0.2) is 5.17 Å². The van der Waals surface area contributed by atoms with Crippen molar-refractivity contribution in [1.82, 2.24) is 20.1 Å². The van der Waals surface area contributed by atoms with Crippen LogP contribution < -0.4 is 10.6 Å². The number of aliphatic imine (C=N–C) groups is 1. The van der Waals surface area contributed by atoms with E-state index in [0.29, 0.717) is 12.5 Å². The number of thioether (sulfide) groups is 1. The fourth-order valence-electron chi connectivity index (χ4n) is 3.21. The second kappa shape index (κ2) is 8.16. The number of anilines is 1. The second-order valence-electron chi connectivity index (χ2n) is 7.00. The molecule has 2 aromatic heterocycles. The van der Waals surface area contributed by atoms with Crippen LogP contribution in [0.4, 0.5) is 5.82 Å². The highest BCUT2D eigenvalue weighted by Crippen LogP contribution is 2.30. The van der Waals surface area contributed by atoms with E-state index in [-0.39, 0.29) is 6.29 Å². The van der Waals surface area contributed by atoms with Gasteiger partial charge in [-0.1, -0.05) is 55.9 Å². The van der Waals surface area contributed by atoms with Crippen LogP contribution >= 0.6 is 11.8 Å². The van der Waals surface area contributed by atoms with Crippen molar-refractivity contribution in [3.05, 3.63) is 66.1 Å². The number of hydrogen-bond donors (Lipinski definition) is 2. The second-order valence-corrected chi connectivity index (χ2v) is 7.80. The van der Waals surface area contributed by atoms with Gasteiger partial charge in [-0.25, -0.2) is 9.67 Å². The lowest BCUT2D eigenvalue weighted by Gasteiger charge is -2.25. The molecular weight excluding hydrogens is 368 g/mol. The van der Waals surface area contributed by atoms with Crippen LogP contribution in [0.2, 0.25) is 0 Å². The number of nitrogens with zero attached hydrogens (tertiary/aromatic N) is 4. The molecule has 0 amide bonds. The van der Waals surface area contributed by atoms with Crippen LogP contribution in [0.5, 0.6) is 0 Å². The predicted octanol–water partition coefficient (Wildman–Crippen LogP) is 4.46. The molecule has 1 aliphatic heterocycles. The molecule has 0 bridgehead atoms. The molecule has 2 N–H and O–H groups in total. The first kappa shape index (κ1) is 18.7. The smallest absolute Gasteiger partial charge is 0.200 e. The maximum atomic E-state index is 4.74. The highest BCUT2D eigenvalue weighted by Gasteiger charge is 2.24. The zero-order valence-electron chi connectivity index (χ0n) is 16.3. The van der Waals surface area contributed by atoms with E-state index in [4.69, 9.17) is 4.99 Å². The Hall–Kier alpha value is -2.64. The minimum Gasteiger partial charge on any atom is -0.319 e. The summed E-state index contributed by atoms with van der Waals surface area (Å²) in [5.41, 5.74) is 4.69. The van der Waals surface area contributed by atoms with Gasteiger partial charge in [-0.05, 0) is 34.9 Å². The van der Waals surface area contributed by atoms with E-state index in [1.807, 2.05) is 29.4 Å². The number of aromatic nitrogens is 3. The molecule has 0 saturated carbocycles. The normalized spacial score (nSPS) is 15.9. The lowest BCUT2D eigenvalue weighted by atomic mass is 10.1. The van der Waals surface area contributed by atoms with E-state index in [2.05, 4.69) is 64.9 Å². The monoisotopic (exact) mass is 392 g/mol. The van der Waals surface area contributed by atoms with Gasteiger partial charge >= 0.3 is 0 Å². The Balaban J connectivity index is 1.50. The van der Waals surface area contributed by atoms with Gasteiger partial charge in [0, 0.05) is 24.5 Å². The highest BCUT2D eigenvalue weighted by molar-refractivity contribution is 8.13.